The zero-order valence-corrected chi connectivity index (χ0v) is 8.69. The van der Waals surface area contributed by atoms with Crippen LogP contribution in [0.4, 0.5) is 0 Å². The van der Waals surface area contributed by atoms with Crippen molar-refractivity contribution in [2.45, 2.75) is 13.8 Å². The standard InChI is InChI=1S/C11H13ClO/c1-8(2)7-13-11-9(3)5-4-6-10(11)12/h4-6H,1,7H2,2-3H3. The minimum atomic E-state index is 0.518. The molecule has 0 radical (unpaired) electrons. The van der Waals surface area contributed by atoms with Crippen molar-refractivity contribution in [2.75, 3.05) is 6.61 Å². The van der Waals surface area contributed by atoms with Crippen LogP contribution in [0, 0.1) is 6.92 Å². The molecule has 0 spiro atoms. The van der Waals surface area contributed by atoms with Gasteiger partial charge in [0.25, 0.3) is 0 Å². The van der Waals surface area contributed by atoms with E-state index in [9.17, 15) is 0 Å². The SMILES string of the molecule is C=C(C)COc1c(C)cccc1Cl. The van der Waals surface area contributed by atoms with Crippen LogP contribution in [-0.2, 0) is 0 Å². The van der Waals surface area contributed by atoms with Crippen molar-refractivity contribution in [3.63, 3.8) is 0 Å². The fourth-order valence-corrected chi connectivity index (χ4v) is 1.27. The smallest absolute Gasteiger partial charge is 0.141 e. The Bertz CT molecular complexity index is 298. The Balaban J connectivity index is 2.81. The molecular formula is C11H13ClO. The maximum atomic E-state index is 5.96. The lowest BCUT2D eigenvalue weighted by molar-refractivity contribution is 0.350. The van der Waals surface area contributed by atoms with Gasteiger partial charge in [-0.3, -0.25) is 0 Å². The lowest BCUT2D eigenvalue weighted by atomic mass is 10.2. The summed E-state index contributed by atoms with van der Waals surface area (Å²) >= 11 is 5.96. The van der Waals surface area contributed by atoms with Gasteiger partial charge in [-0.05, 0) is 31.1 Å². The first-order valence-corrected chi connectivity index (χ1v) is 4.51. The number of hydrogen-bond acceptors (Lipinski definition) is 1. The molecule has 2 heteroatoms. The van der Waals surface area contributed by atoms with Gasteiger partial charge >= 0.3 is 0 Å². The number of aryl methyl sites for hydroxylation is 1. The highest BCUT2D eigenvalue weighted by Crippen LogP contribution is 2.27. The first-order chi connectivity index (χ1) is 6.11. The van der Waals surface area contributed by atoms with Crippen LogP contribution in [0.1, 0.15) is 12.5 Å². The largest absolute Gasteiger partial charge is 0.487 e. The Morgan fingerprint density at radius 3 is 2.77 bits per heavy atom. The van der Waals surface area contributed by atoms with E-state index in [1.165, 1.54) is 0 Å². The second-order valence-corrected chi connectivity index (χ2v) is 3.54. The molecule has 0 unspecified atom stereocenters. The van der Waals surface area contributed by atoms with E-state index < -0.39 is 0 Å². The summed E-state index contributed by atoms with van der Waals surface area (Å²) in [5.41, 5.74) is 2.04. The lowest BCUT2D eigenvalue weighted by Crippen LogP contribution is -1.99. The second-order valence-electron chi connectivity index (χ2n) is 3.13. The summed E-state index contributed by atoms with van der Waals surface area (Å²) in [6, 6.07) is 5.70. The Morgan fingerprint density at radius 1 is 1.54 bits per heavy atom. The van der Waals surface area contributed by atoms with Crippen LogP contribution >= 0.6 is 11.6 Å². The van der Waals surface area contributed by atoms with Gasteiger partial charge in [-0.15, -0.1) is 0 Å². The predicted octanol–water partition coefficient (Wildman–Crippen LogP) is 3.60. The molecule has 0 aliphatic carbocycles. The number of rotatable bonds is 3. The first-order valence-electron chi connectivity index (χ1n) is 4.13. The fraction of sp³-hybridized carbons (Fsp3) is 0.273. The van der Waals surface area contributed by atoms with Gasteiger partial charge in [0, 0.05) is 0 Å². The van der Waals surface area contributed by atoms with Gasteiger partial charge in [-0.2, -0.15) is 0 Å². The molecule has 0 saturated carbocycles. The minimum Gasteiger partial charge on any atom is -0.487 e. The van der Waals surface area contributed by atoms with Crippen molar-refractivity contribution in [2.24, 2.45) is 0 Å². The van der Waals surface area contributed by atoms with Crippen LogP contribution in [0.15, 0.2) is 30.4 Å². The number of ether oxygens (including phenoxy) is 1. The van der Waals surface area contributed by atoms with E-state index in [1.807, 2.05) is 32.0 Å². The van der Waals surface area contributed by atoms with E-state index >= 15 is 0 Å². The summed E-state index contributed by atoms with van der Waals surface area (Å²) in [7, 11) is 0. The second kappa shape index (κ2) is 4.33. The number of benzene rings is 1. The van der Waals surface area contributed by atoms with Crippen LogP contribution in [0.3, 0.4) is 0 Å². The van der Waals surface area contributed by atoms with Crippen molar-refractivity contribution in [3.8, 4) is 5.75 Å². The molecule has 70 valence electrons. The summed E-state index contributed by atoms with van der Waals surface area (Å²) in [4.78, 5) is 0. The van der Waals surface area contributed by atoms with E-state index in [1.54, 1.807) is 0 Å². The molecular weight excluding hydrogens is 184 g/mol. The maximum Gasteiger partial charge on any atom is 0.141 e. The van der Waals surface area contributed by atoms with Crippen LogP contribution in [0.2, 0.25) is 5.02 Å². The molecule has 0 saturated heterocycles. The molecule has 0 bridgehead atoms. The van der Waals surface area contributed by atoms with Gasteiger partial charge in [0.1, 0.15) is 12.4 Å². The van der Waals surface area contributed by atoms with Gasteiger partial charge in [0.15, 0.2) is 0 Å². The van der Waals surface area contributed by atoms with Crippen LogP contribution in [0.25, 0.3) is 0 Å². The van der Waals surface area contributed by atoms with Gasteiger partial charge in [-0.1, -0.05) is 30.3 Å². The molecule has 1 rings (SSSR count). The highest BCUT2D eigenvalue weighted by atomic mass is 35.5. The molecule has 0 atom stereocenters. The normalized spacial score (nSPS) is 9.77. The van der Waals surface area contributed by atoms with Gasteiger partial charge in [0.2, 0.25) is 0 Å². The van der Waals surface area contributed by atoms with Crippen molar-refractivity contribution in [1.82, 2.24) is 0 Å². The maximum absolute atomic E-state index is 5.96. The molecule has 1 aromatic carbocycles. The van der Waals surface area contributed by atoms with Crippen LogP contribution in [0.5, 0.6) is 5.75 Å². The third-order valence-corrected chi connectivity index (χ3v) is 1.92. The zero-order chi connectivity index (χ0) is 9.84. The van der Waals surface area contributed by atoms with Gasteiger partial charge in [0.05, 0.1) is 5.02 Å². The average Bonchev–Trinajstić information content (AvgIpc) is 2.03. The summed E-state index contributed by atoms with van der Waals surface area (Å²) in [5, 5.41) is 0.654. The Morgan fingerprint density at radius 2 is 2.23 bits per heavy atom. The van der Waals surface area contributed by atoms with E-state index in [4.69, 9.17) is 16.3 Å². The zero-order valence-electron chi connectivity index (χ0n) is 7.93. The van der Waals surface area contributed by atoms with E-state index in [-0.39, 0.29) is 0 Å². The number of halogens is 1. The summed E-state index contributed by atoms with van der Waals surface area (Å²) in [6.45, 7) is 8.17. The predicted molar refractivity (Wildman–Crippen MR) is 56.5 cm³/mol. The van der Waals surface area contributed by atoms with Crippen molar-refractivity contribution < 1.29 is 4.74 Å². The molecule has 1 nitrogen and oxygen atoms in total. The number of hydrogen-bond donors (Lipinski definition) is 0. The molecule has 0 fully saturated rings. The van der Waals surface area contributed by atoms with Crippen LogP contribution in [-0.4, -0.2) is 6.61 Å². The summed E-state index contributed by atoms with van der Waals surface area (Å²) in [6.07, 6.45) is 0. The average molecular weight is 197 g/mol. The third-order valence-electron chi connectivity index (χ3n) is 1.63. The third kappa shape index (κ3) is 2.78. The highest BCUT2D eigenvalue weighted by Gasteiger charge is 2.03. The Hall–Kier alpha value is -0.950. The minimum absolute atomic E-state index is 0.518. The summed E-state index contributed by atoms with van der Waals surface area (Å²) < 4.78 is 5.50. The molecule has 1 aromatic rings. The molecule has 0 amide bonds. The van der Waals surface area contributed by atoms with Crippen molar-refractivity contribution >= 4 is 11.6 Å². The molecule has 0 aliphatic rings. The molecule has 0 N–H and O–H groups in total. The Kier molecular flexibility index (Phi) is 3.38. The van der Waals surface area contributed by atoms with Gasteiger partial charge < -0.3 is 4.74 Å². The van der Waals surface area contributed by atoms with Crippen molar-refractivity contribution in [1.29, 1.82) is 0 Å². The molecule has 0 heterocycles. The fourth-order valence-electron chi connectivity index (χ4n) is 0.995. The van der Waals surface area contributed by atoms with Crippen molar-refractivity contribution in [3.05, 3.63) is 40.9 Å². The first kappa shape index (κ1) is 10.1. The van der Waals surface area contributed by atoms with E-state index in [2.05, 4.69) is 6.58 Å². The molecule has 0 aromatic heterocycles. The van der Waals surface area contributed by atoms with E-state index in [0.717, 1.165) is 16.9 Å². The molecule has 0 aliphatic heterocycles. The van der Waals surface area contributed by atoms with Gasteiger partial charge in [-0.25, -0.2) is 0 Å². The summed E-state index contributed by atoms with van der Waals surface area (Å²) in [5.74, 6) is 0.757. The quantitative estimate of drug-likeness (QED) is 0.672. The monoisotopic (exact) mass is 196 g/mol. The highest BCUT2D eigenvalue weighted by molar-refractivity contribution is 6.32. The van der Waals surface area contributed by atoms with Crippen LogP contribution < -0.4 is 4.74 Å². The van der Waals surface area contributed by atoms with E-state index in [0.29, 0.717) is 11.6 Å². The number of para-hydroxylation sites is 1. The topological polar surface area (TPSA) is 9.23 Å². The Labute approximate surface area is 84.0 Å². The molecule has 13 heavy (non-hydrogen) atoms. The lowest BCUT2D eigenvalue weighted by Gasteiger charge is -2.09.